The quantitative estimate of drug-likeness (QED) is 0.901. The average molecular weight is 322 g/mol. The van der Waals surface area contributed by atoms with Crippen molar-refractivity contribution in [3.8, 4) is 11.5 Å². The average Bonchev–Trinajstić information content (AvgIpc) is 3.07. The van der Waals surface area contributed by atoms with Crippen molar-refractivity contribution in [2.24, 2.45) is 5.73 Å². The monoisotopic (exact) mass is 321 g/mol. The van der Waals surface area contributed by atoms with Crippen molar-refractivity contribution in [2.45, 2.75) is 57.4 Å². The Bertz CT molecular complexity index is 622. The number of halogens is 1. The molecule has 1 fully saturated rings. The summed E-state index contributed by atoms with van der Waals surface area (Å²) in [6, 6.07) is 8.31. The highest BCUT2D eigenvalue weighted by Crippen LogP contribution is 2.35. The second-order valence-corrected chi connectivity index (χ2v) is 7.11. The van der Waals surface area contributed by atoms with Crippen LogP contribution in [0.1, 0.15) is 57.8 Å². The Morgan fingerprint density at radius 3 is 2.23 bits per heavy atom. The Hall–Kier alpha value is -1.39. The van der Waals surface area contributed by atoms with Gasteiger partial charge < -0.3 is 10.3 Å². The number of nitrogens with two attached hydrogens (primary N) is 1. The van der Waals surface area contributed by atoms with Gasteiger partial charge in [-0.1, -0.05) is 50.9 Å². The van der Waals surface area contributed by atoms with E-state index < -0.39 is 5.54 Å². The maximum absolute atomic E-state index is 6.37. The molecule has 0 aliphatic heterocycles. The molecule has 1 aromatic carbocycles. The van der Waals surface area contributed by atoms with E-state index in [1.807, 2.05) is 12.1 Å². The molecular weight excluding hydrogens is 298 g/mol. The lowest BCUT2D eigenvalue weighted by Gasteiger charge is -2.18. The lowest BCUT2D eigenvalue weighted by Crippen LogP contribution is -2.34. The van der Waals surface area contributed by atoms with Crippen LogP contribution in [0.4, 0.5) is 0 Å². The third kappa shape index (κ3) is 3.18. The lowest BCUT2D eigenvalue weighted by molar-refractivity contribution is 0.372. The van der Waals surface area contributed by atoms with Crippen LogP contribution in [0.5, 0.6) is 0 Å². The molecule has 1 aliphatic carbocycles. The van der Waals surface area contributed by atoms with Crippen molar-refractivity contribution in [1.29, 1.82) is 0 Å². The summed E-state index contributed by atoms with van der Waals surface area (Å²) < 4.78 is 5.41. The normalized spacial score (nSPS) is 17.3. The first-order valence-corrected chi connectivity index (χ1v) is 7.62. The van der Waals surface area contributed by atoms with E-state index in [0.29, 0.717) is 11.7 Å². The molecule has 0 atom stereocenters. The summed E-state index contributed by atoms with van der Waals surface area (Å²) in [5.74, 6) is 1.21. The van der Waals surface area contributed by atoms with Crippen LogP contribution >= 0.6 is 12.4 Å². The molecule has 0 unspecified atom stereocenters. The summed E-state index contributed by atoms with van der Waals surface area (Å²) in [6.45, 7) is 6.60. The maximum atomic E-state index is 6.37. The second kappa shape index (κ2) is 6.01. The smallest absolute Gasteiger partial charge is 0.257 e. The van der Waals surface area contributed by atoms with Gasteiger partial charge in [-0.25, -0.2) is 0 Å². The SMILES string of the molecule is CC(C)(C)c1ccc(-c2nc(C3(N)CCCC3)no2)cc1.Cl. The Labute approximate surface area is 137 Å². The van der Waals surface area contributed by atoms with Crippen LogP contribution in [0.15, 0.2) is 28.8 Å². The van der Waals surface area contributed by atoms with Gasteiger partial charge in [0.05, 0.1) is 5.54 Å². The third-order valence-corrected chi connectivity index (χ3v) is 4.37. The Kier molecular flexibility index (Phi) is 4.64. The van der Waals surface area contributed by atoms with Crippen LogP contribution in [-0.2, 0) is 11.0 Å². The van der Waals surface area contributed by atoms with Crippen LogP contribution in [0.2, 0.25) is 0 Å². The van der Waals surface area contributed by atoms with Crippen molar-refractivity contribution in [3.63, 3.8) is 0 Å². The van der Waals surface area contributed by atoms with Gasteiger partial charge in [0.1, 0.15) is 0 Å². The zero-order valence-electron chi connectivity index (χ0n) is 13.4. The van der Waals surface area contributed by atoms with Crippen molar-refractivity contribution >= 4 is 12.4 Å². The molecule has 0 saturated heterocycles. The zero-order valence-corrected chi connectivity index (χ0v) is 14.2. The molecule has 0 spiro atoms. The topological polar surface area (TPSA) is 64.9 Å². The number of aromatic nitrogens is 2. The van der Waals surface area contributed by atoms with E-state index in [2.05, 4.69) is 43.0 Å². The zero-order chi connectivity index (χ0) is 15.1. The molecule has 4 nitrogen and oxygen atoms in total. The van der Waals surface area contributed by atoms with Gasteiger partial charge in [0.15, 0.2) is 5.82 Å². The summed E-state index contributed by atoms with van der Waals surface area (Å²) >= 11 is 0. The summed E-state index contributed by atoms with van der Waals surface area (Å²) in [5, 5.41) is 4.11. The number of benzene rings is 1. The van der Waals surface area contributed by atoms with Crippen LogP contribution in [0.3, 0.4) is 0 Å². The van der Waals surface area contributed by atoms with Gasteiger partial charge in [0.25, 0.3) is 5.89 Å². The second-order valence-electron chi connectivity index (χ2n) is 7.11. The summed E-state index contributed by atoms with van der Waals surface area (Å²) in [7, 11) is 0. The van der Waals surface area contributed by atoms with E-state index >= 15 is 0 Å². The highest BCUT2D eigenvalue weighted by molar-refractivity contribution is 5.85. The van der Waals surface area contributed by atoms with Crippen molar-refractivity contribution < 1.29 is 4.52 Å². The molecule has 1 heterocycles. The van der Waals surface area contributed by atoms with Gasteiger partial charge in [0.2, 0.25) is 0 Å². The minimum atomic E-state index is -0.396. The fourth-order valence-electron chi connectivity index (χ4n) is 2.89. The van der Waals surface area contributed by atoms with E-state index in [1.54, 1.807) is 0 Å². The Morgan fingerprint density at radius 1 is 1.09 bits per heavy atom. The summed E-state index contributed by atoms with van der Waals surface area (Å²) in [6.07, 6.45) is 4.16. The third-order valence-electron chi connectivity index (χ3n) is 4.37. The van der Waals surface area contributed by atoms with Crippen LogP contribution in [0, 0.1) is 0 Å². The number of nitrogens with zero attached hydrogens (tertiary/aromatic N) is 2. The van der Waals surface area contributed by atoms with Crippen LogP contribution in [0.25, 0.3) is 11.5 Å². The molecule has 1 aromatic heterocycles. The van der Waals surface area contributed by atoms with Crippen molar-refractivity contribution in [2.75, 3.05) is 0 Å². The molecule has 120 valence electrons. The van der Waals surface area contributed by atoms with Crippen LogP contribution in [-0.4, -0.2) is 10.1 Å². The standard InChI is InChI=1S/C17H23N3O.ClH/c1-16(2,3)13-8-6-12(7-9-13)14-19-15(20-21-14)17(18)10-4-5-11-17;/h6-9H,4-5,10-11,18H2,1-3H3;1H. The van der Waals surface area contributed by atoms with Crippen LogP contribution < -0.4 is 5.73 Å². The van der Waals surface area contributed by atoms with Gasteiger partial charge in [-0.3, -0.25) is 0 Å². The van der Waals surface area contributed by atoms with Crippen molar-refractivity contribution in [3.05, 3.63) is 35.7 Å². The highest BCUT2D eigenvalue weighted by Gasteiger charge is 2.36. The van der Waals surface area contributed by atoms with Gasteiger partial charge >= 0.3 is 0 Å². The number of rotatable bonds is 2. The number of hydrogen-bond acceptors (Lipinski definition) is 4. The fourth-order valence-corrected chi connectivity index (χ4v) is 2.89. The first-order chi connectivity index (χ1) is 9.88. The maximum Gasteiger partial charge on any atom is 0.257 e. The predicted octanol–water partition coefficient (Wildman–Crippen LogP) is 4.18. The van der Waals surface area contributed by atoms with Gasteiger partial charge in [-0.2, -0.15) is 4.98 Å². The largest absolute Gasteiger partial charge is 0.334 e. The van der Waals surface area contributed by atoms with E-state index in [1.165, 1.54) is 5.56 Å². The lowest BCUT2D eigenvalue weighted by atomic mass is 9.87. The molecule has 1 aliphatic rings. The van der Waals surface area contributed by atoms with Crippen molar-refractivity contribution in [1.82, 2.24) is 10.1 Å². The highest BCUT2D eigenvalue weighted by atomic mass is 35.5. The van der Waals surface area contributed by atoms with Gasteiger partial charge in [0, 0.05) is 5.56 Å². The van der Waals surface area contributed by atoms with Gasteiger partial charge in [-0.05, 0) is 36.0 Å². The Balaban J connectivity index is 0.00000176. The fraction of sp³-hybridized carbons (Fsp3) is 0.529. The molecule has 0 radical (unpaired) electrons. The molecule has 0 bridgehead atoms. The summed E-state index contributed by atoms with van der Waals surface area (Å²) in [4.78, 5) is 4.52. The molecule has 2 N–H and O–H groups in total. The molecule has 5 heteroatoms. The Morgan fingerprint density at radius 2 is 1.68 bits per heavy atom. The van der Waals surface area contributed by atoms with E-state index in [9.17, 15) is 0 Å². The number of hydrogen-bond donors (Lipinski definition) is 1. The molecular formula is C17H24ClN3O. The first kappa shape index (κ1) is 17.0. The first-order valence-electron chi connectivity index (χ1n) is 7.62. The van der Waals surface area contributed by atoms with E-state index in [4.69, 9.17) is 10.3 Å². The van der Waals surface area contributed by atoms with Gasteiger partial charge in [-0.15, -0.1) is 12.4 Å². The van der Waals surface area contributed by atoms with E-state index in [-0.39, 0.29) is 17.8 Å². The molecule has 1 saturated carbocycles. The van der Waals surface area contributed by atoms with E-state index in [0.717, 1.165) is 31.2 Å². The molecule has 22 heavy (non-hydrogen) atoms. The summed E-state index contributed by atoms with van der Waals surface area (Å²) in [5.41, 5.74) is 8.35. The molecule has 0 amide bonds. The molecule has 3 rings (SSSR count). The minimum Gasteiger partial charge on any atom is -0.334 e. The minimum absolute atomic E-state index is 0. The molecule has 2 aromatic rings. The predicted molar refractivity (Wildman–Crippen MR) is 90.0 cm³/mol.